The molecule has 0 saturated carbocycles. The van der Waals surface area contributed by atoms with Crippen LogP contribution in [0.25, 0.3) is 0 Å². The van der Waals surface area contributed by atoms with Crippen LogP contribution in [0.5, 0.6) is 0 Å². The molecule has 0 aliphatic carbocycles. The molecular weight excluding hydrogens is 170 g/mol. The summed E-state index contributed by atoms with van der Waals surface area (Å²) in [4.78, 5) is 0. The van der Waals surface area contributed by atoms with Crippen molar-refractivity contribution in [2.75, 3.05) is 0 Å². The van der Waals surface area contributed by atoms with E-state index in [1.54, 1.807) is 0 Å². The first-order chi connectivity index (χ1) is 6.61. The third-order valence-corrected chi connectivity index (χ3v) is 3.72. The fourth-order valence-electron chi connectivity index (χ4n) is 2.64. The minimum atomic E-state index is 0.345. The summed E-state index contributed by atoms with van der Waals surface area (Å²) in [5, 5.41) is 0. The molecule has 0 aliphatic heterocycles. The van der Waals surface area contributed by atoms with Crippen LogP contribution in [0, 0.1) is 13.8 Å². The number of aromatic nitrogens is 1. The van der Waals surface area contributed by atoms with E-state index in [4.69, 9.17) is 0 Å². The van der Waals surface area contributed by atoms with Gasteiger partial charge in [-0.2, -0.15) is 0 Å². The second-order valence-electron chi connectivity index (χ2n) is 4.24. The summed E-state index contributed by atoms with van der Waals surface area (Å²) in [6.45, 7) is 11.3. The third-order valence-electron chi connectivity index (χ3n) is 3.72. The predicted molar refractivity (Wildman–Crippen MR) is 62.8 cm³/mol. The Bertz CT molecular complexity index is 264. The molecule has 0 bridgehead atoms. The smallest absolute Gasteiger partial charge is 0.0437 e. The van der Waals surface area contributed by atoms with Gasteiger partial charge in [0, 0.05) is 16.9 Å². The van der Waals surface area contributed by atoms with Crippen molar-refractivity contribution < 1.29 is 0 Å². The van der Waals surface area contributed by atoms with Gasteiger partial charge in [0.15, 0.2) is 0 Å². The molecular formula is C13H23N. The number of rotatable bonds is 4. The molecule has 0 fully saturated rings. The Kier molecular flexibility index (Phi) is 3.41. The quantitative estimate of drug-likeness (QED) is 0.680. The highest BCUT2D eigenvalue weighted by Crippen LogP contribution is 2.32. The Labute approximate surface area is 88.1 Å². The Morgan fingerprint density at radius 2 is 1.29 bits per heavy atom. The molecule has 1 rings (SSSR count). The van der Waals surface area contributed by atoms with E-state index in [9.17, 15) is 0 Å². The second kappa shape index (κ2) is 4.20. The summed E-state index contributed by atoms with van der Waals surface area (Å²) >= 11 is 0. The monoisotopic (exact) mass is 193 g/mol. The lowest BCUT2D eigenvalue weighted by molar-refractivity contribution is 0.243. The summed E-state index contributed by atoms with van der Waals surface area (Å²) in [7, 11) is 0. The van der Waals surface area contributed by atoms with Gasteiger partial charge in [-0.1, -0.05) is 20.8 Å². The molecule has 0 saturated heterocycles. The van der Waals surface area contributed by atoms with Gasteiger partial charge in [-0.05, 0) is 45.2 Å². The van der Waals surface area contributed by atoms with Crippen LogP contribution in [0.15, 0.2) is 12.1 Å². The Morgan fingerprint density at radius 1 is 0.929 bits per heavy atom. The Morgan fingerprint density at radius 3 is 1.57 bits per heavy atom. The third kappa shape index (κ3) is 1.60. The lowest BCUT2D eigenvalue weighted by Crippen LogP contribution is -2.33. The van der Waals surface area contributed by atoms with Gasteiger partial charge in [0.25, 0.3) is 0 Å². The van der Waals surface area contributed by atoms with Gasteiger partial charge in [-0.3, -0.25) is 0 Å². The van der Waals surface area contributed by atoms with E-state index >= 15 is 0 Å². The van der Waals surface area contributed by atoms with E-state index in [1.807, 2.05) is 0 Å². The van der Waals surface area contributed by atoms with Crippen LogP contribution in [0.2, 0.25) is 0 Å². The lowest BCUT2D eigenvalue weighted by Gasteiger charge is -2.35. The van der Waals surface area contributed by atoms with Crippen LogP contribution in [-0.2, 0) is 5.54 Å². The fourth-order valence-corrected chi connectivity index (χ4v) is 2.64. The molecule has 80 valence electrons. The summed E-state index contributed by atoms with van der Waals surface area (Å²) in [5.74, 6) is 0. The highest BCUT2D eigenvalue weighted by atomic mass is 15.1. The molecule has 0 atom stereocenters. The van der Waals surface area contributed by atoms with Crippen molar-refractivity contribution in [3.8, 4) is 0 Å². The van der Waals surface area contributed by atoms with Gasteiger partial charge in [0.05, 0.1) is 0 Å². The van der Waals surface area contributed by atoms with E-state index in [0.29, 0.717) is 5.54 Å². The SMILES string of the molecule is CCC(CC)(CC)n1c(C)ccc1C. The summed E-state index contributed by atoms with van der Waals surface area (Å²) < 4.78 is 2.52. The normalized spacial score (nSPS) is 12.1. The van der Waals surface area contributed by atoms with Crippen molar-refractivity contribution in [2.24, 2.45) is 0 Å². The zero-order chi connectivity index (χ0) is 10.8. The second-order valence-corrected chi connectivity index (χ2v) is 4.24. The Balaban J connectivity index is 3.23. The Hall–Kier alpha value is -0.720. The highest BCUT2D eigenvalue weighted by molar-refractivity contribution is 5.17. The predicted octanol–water partition coefficient (Wildman–Crippen LogP) is 4.03. The molecule has 1 heteroatoms. The summed E-state index contributed by atoms with van der Waals surface area (Å²) in [6.07, 6.45) is 3.66. The molecule has 0 amide bonds. The molecule has 1 aromatic rings. The zero-order valence-corrected chi connectivity index (χ0v) is 10.2. The molecule has 0 N–H and O–H groups in total. The van der Waals surface area contributed by atoms with Crippen molar-refractivity contribution in [3.05, 3.63) is 23.5 Å². The molecule has 0 radical (unpaired) electrons. The van der Waals surface area contributed by atoms with E-state index in [-0.39, 0.29) is 0 Å². The average Bonchev–Trinajstić information content (AvgIpc) is 2.53. The first-order valence-electron chi connectivity index (χ1n) is 5.76. The van der Waals surface area contributed by atoms with Crippen LogP contribution in [0.1, 0.15) is 51.4 Å². The molecule has 0 unspecified atom stereocenters. The maximum Gasteiger partial charge on any atom is 0.0437 e. The van der Waals surface area contributed by atoms with Crippen molar-refractivity contribution in [1.82, 2.24) is 4.57 Å². The molecule has 0 aromatic carbocycles. The summed E-state index contributed by atoms with van der Waals surface area (Å²) in [6, 6.07) is 4.45. The largest absolute Gasteiger partial charge is 0.343 e. The van der Waals surface area contributed by atoms with Crippen LogP contribution in [0.3, 0.4) is 0 Å². The van der Waals surface area contributed by atoms with Crippen LogP contribution >= 0.6 is 0 Å². The molecule has 1 nitrogen and oxygen atoms in total. The minimum absolute atomic E-state index is 0.345. The van der Waals surface area contributed by atoms with Crippen molar-refractivity contribution in [2.45, 2.75) is 59.4 Å². The minimum Gasteiger partial charge on any atom is -0.343 e. The van der Waals surface area contributed by atoms with Crippen molar-refractivity contribution in [1.29, 1.82) is 0 Å². The number of hydrogen-bond acceptors (Lipinski definition) is 0. The fraction of sp³-hybridized carbons (Fsp3) is 0.692. The molecule has 14 heavy (non-hydrogen) atoms. The van der Waals surface area contributed by atoms with Crippen molar-refractivity contribution >= 4 is 0 Å². The van der Waals surface area contributed by atoms with E-state index < -0.39 is 0 Å². The lowest BCUT2D eigenvalue weighted by atomic mass is 9.89. The van der Waals surface area contributed by atoms with E-state index in [2.05, 4.69) is 51.3 Å². The number of aryl methyl sites for hydroxylation is 2. The van der Waals surface area contributed by atoms with Crippen LogP contribution < -0.4 is 0 Å². The van der Waals surface area contributed by atoms with Gasteiger partial charge in [-0.25, -0.2) is 0 Å². The van der Waals surface area contributed by atoms with Crippen LogP contribution in [-0.4, -0.2) is 4.57 Å². The van der Waals surface area contributed by atoms with Crippen molar-refractivity contribution in [3.63, 3.8) is 0 Å². The maximum absolute atomic E-state index is 2.52. The molecule has 1 aromatic heterocycles. The number of nitrogens with zero attached hydrogens (tertiary/aromatic N) is 1. The average molecular weight is 193 g/mol. The molecule has 0 spiro atoms. The van der Waals surface area contributed by atoms with Gasteiger partial charge in [0.1, 0.15) is 0 Å². The highest BCUT2D eigenvalue weighted by Gasteiger charge is 2.27. The maximum atomic E-state index is 2.52. The first kappa shape index (κ1) is 11.4. The van der Waals surface area contributed by atoms with Crippen LogP contribution in [0.4, 0.5) is 0 Å². The topological polar surface area (TPSA) is 4.93 Å². The van der Waals surface area contributed by atoms with E-state index in [0.717, 1.165) is 0 Å². The van der Waals surface area contributed by atoms with Gasteiger partial charge in [-0.15, -0.1) is 0 Å². The molecule has 1 heterocycles. The number of hydrogen-bond donors (Lipinski definition) is 0. The van der Waals surface area contributed by atoms with Gasteiger partial charge < -0.3 is 4.57 Å². The standard InChI is InChI=1S/C13H23N/c1-6-13(7-2,8-3)14-11(4)9-10-12(14)5/h9-10H,6-8H2,1-5H3. The van der Waals surface area contributed by atoms with Gasteiger partial charge >= 0.3 is 0 Å². The molecule has 0 aliphatic rings. The zero-order valence-electron chi connectivity index (χ0n) is 10.2. The van der Waals surface area contributed by atoms with E-state index in [1.165, 1.54) is 30.7 Å². The first-order valence-corrected chi connectivity index (χ1v) is 5.76. The summed E-state index contributed by atoms with van der Waals surface area (Å²) in [5.41, 5.74) is 3.14. The van der Waals surface area contributed by atoms with Gasteiger partial charge in [0.2, 0.25) is 0 Å².